The summed E-state index contributed by atoms with van der Waals surface area (Å²) in [5.74, 6) is 1.13. The van der Waals surface area contributed by atoms with Crippen molar-refractivity contribution in [3.05, 3.63) is 0 Å². The Morgan fingerprint density at radius 3 is 2.26 bits per heavy atom. The van der Waals surface area contributed by atoms with E-state index in [-0.39, 0.29) is 17.6 Å². The maximum absolute atomic E-state index is 10.4. The average molecular weight is 329 g/mol. The van der Waals surface area contributed by atoms with Gasteiger partial charge in [0.1, 0.15) is 0 Å². The fourth-order valence-corrected chi connectivity index (χ4v) is 3.96. The van der Waals surface area contributed by atoms with E-state index >= 15 is 0 Å². The van der Waals surface area contributed by atoms with Crippen molar-refractivity contribution in [2.24, 2.45) is 17.3 Å². The van der Waals surface area contributed by atoms with Crippen LogP contribution < -0.4 is 0 Å². The van der Waals surface area contributed by atoms with Gasteiger partial charge in [-0.05, 0) is 68.6 Å². The summed E-state index contributed by atoms with van der Waals surface area (Å²) in [6.07, 6.45) is 7.77. The number of aliphatic hydroxyl groups is 2. The van der Waals surface area contributed by atoms with E-state index in [0.717, 1.165) is 45.1 Å². The number of ether oxygens (including phenoxy) is 1. The molecule has 0 aromatic carbocycles. The van der Waals surface area contributed by atoms with Gasteiger partial charge >= 0.3 is 0 Å². The Morgan fingerprint density at radius 2 is 1.70 bits per heavy atom. The van der Waals surface area contributed by atoms with Gasteiger partial charge in [-0.2, -0.15) is 0 Å². The highest BCUT2D eigenvalue weighted by molar-refractivity contribution is 4.78. The molecule has 1 saturated heterocycles. The first-order valence-electron chi connectivity index (χ1n) is 9.65. The Kier molecular flexibility index (Phi) is 9.10. The normalized spacial score (nSPS) is 23.2. The summed E-state index contributed by atoms with van der Waals surface area (Å²) in [5, 5.41) is 20.5. The third-order valence-electron chi connectivity index (χ3n) is 5.00. The quantitative estimate of drug-likeness (QED) is 0.585. The molecule has 2 unspecified atom stereocenters. The van der Waals surface area contributed by atoms with E-state index in [1.807, 2.05) is 0 Å². The highest BCUT2D eigenvalue weighted by Crippen LogP contribution is 2.32. The van der Waals surface area contributed by atoms with Gasteiger partial charge in [-0.15, -0.1) is 0 Å². The number of rotatable bonds is 11. The zero-order valence-corrected chi connectivity index (χ0v) is 16.1. The topological polar surface area (TPSA) is 49.7 Å². The third kappa shape index (κ3) is 9.69. The van der Waals surface area contributed by atoms with Crippen molar-refractivity contribution in [3.8, 4) is 0 Å². The zero-order valence-electron chi connectivity index (χ0n) is 16.1. The number of aliphatic hydroxyl groups excluding tert-OH is 2. The first-order chi connectivity index (χ1) is 10.7. The molecule has 0 radical (unpaired) electrons. The summed E-state index contributed by atoms with van der Waals surface area (Å²) < 4.78 is 5.70. The molecule has 0 spiro atoms. The highest BCUT2D eigenvalue weighted by atomic mass is 16.5. The van der Waals surface area contributed by atoms with Crippen LogP contribution in [0.3, 0.4) is 0 Å². The molecule has 1 fully saturated rings. The van der Waals surface area contributed by atoms with Crippen molar-refractivity contribution in [3.63, 3.8) is 0 Å². The van der Waals surface area contributed by atoms with Crippen molar-refractivity contribution in [1.29, 1.82) is 0 Å². The van der Waals surface area contributed by atoms with Crippen molar-refractivity contribution < 1.29 is 14.9 Å². The van der Waals surface area contributed by atoms with Crippen molar-refractivity contribution in [1.82, 2.24) is 0 Å². The number of hydrogen-bond acceptors (Lipinski definition) is 3. The molecule has 0 amide bonds. The third-order valence-corrected chi connectivity index (χ3v) is 5.00. The van der Waals surface area contributed by atoms with Crippen LogP contribution in [0.25, 0.3) is 0 Å². The van der Waals surface area contributed by atoms with Gasteiger partial charge in [0.25, 0.3) is 0 Å². The molecule has 23 heavy (non-hydrogen) atoms. The minimum Gasteiger partial charge on any atom is -0.393 e. The second-order valence-electron chi connectivity index (χ2n) is 9.06. The van der Waals surface area contributed by atoms with Crippen LogP contribution in [0.5, 0.6) is 0 Å². The van der Waals surface area contributed by atoms with Gasteiger partial charge in [0.05, 0.1) is 18.3 Å². The van der Waals surface area contributed by atoms with Gasteiger partial charge in [-0.3, -0.25) is 0 Å². The maximum Gasteiger partial charge on any atom is 0.0578 e. The van der Waals surface area contributed by atoms with Crippen LogP contribution in [0.1, 0.15) is 86.0 Å². The first-order valence-corrected chi connectivity index (χ1v) is 9.65. The van der Waals surface area contributed by atoms with Crippen LogP contribution in [0, 0.1) is 17.3 Å². The molecule has 2 N–H and O–H groups in total. The van der Waals surface area contributed by atoms with E-state index in [9.17, 15) is 10.2 Å². The minimum absolute atomic E-state index is 0.00841. The monoisotopic (exact) mass is 328 g/mol. The minimum atomic E-state index is -0.261. The van der Waals surface area contributed by atoms with Crippen LogP contribution >= 0.6 is 0 Å². The molecule has 1 heterocycles. The summed E-state index contributed by atoms with van der Waals surface area (Å²) >= 11 is 0. The molecule has 0 aromatic heterocycles. The Labute approximate surface area is 143 Å². The lowest BCUT2D eigenvalue weighted by Crippen LogP contribution is -2.27. The van der Waals surface area contributed by atoms with E-state index in [1.54, 1.807) is 0 Å². The standard InChI is InChI=1S/C20H40O3/c1-15(2)11-18(22)14-20(4,5)13-17(21)9-8-16(3)12-19-7-6-10-23-19/h15-19,21-22H,6-14H2,1-5H3/t16?,17-,18-,19?/m1/s1. The van der Waals surface area contributed by atoms with E-state index in [2.05, 4.69) is 34.6 Å². The Hall–Kier alpha value is -0.120. The number of hydrogen-bond donors (Lipinski definition) is 2. The van der Waals surface area contributed by atoms with E-state index in [0.29, 0.717) is 17.9 Å². The van der Waals surface area contributed by atoms with Crippen molar-refractivity contribution in [2.75, 3.05) is 6.61 Å². The van der Waals surface area contributed by atoms with Crippen LogP contribution in [0.2, 0.25) is 0 Å². The van der Waals surface area contributed by atoms with Gasteiger partial charge in [0.15, 0.2) is 0 Å². The summed E-state index contributed by atoms with van der Waals surface area (Å²) in [6, 6.07) is 0. The Bertz CT molecular complexity index is 308. The first kappa shape index (κ1) is 20.9. The molecular formula is C20H40O3. The van der Waals surface area contributed by atoms with Crippen LogP contribution in [0.4, 0.5) is 0 Å². The maximum atomic E-state index is 10.4. The van der Waals surface area contributed by atoms with Crippen molar-refractivity contribution >= 4 is 0 Å². The fourth-order valence-electron chi connectivity index (χ4n) is 3.96. The summed E-state index contributed by atoms with van der Waals surface area (Å²) in [7, 11) is 0. The molecule has 0 aliphatic carbocycles. The highest BCUT2D eigenvalue weighted by Gasteiger charge is 2.26. The van der Waals surface area contributed by atoms with E-state index in [1.165, 1.54) is 12.8 Å². The Balaban J connectivity index is 2.23. The molecule has 4 atom stereocenters. The lowest BCUT2D eigenvalue weighted by molar-refractivity contribution is 0.0487. The van der Waals surface area contributed by atoms with Crippen LogP contribution in [-0.2, 0) is 4.74 Å². The molecule has 0 bridgehead atoms. The van der Waals surface area contributed by atoms with E-state index in [4.69, 9.17) is 4.74 Å². The summed E-state index contributed by atoms with van der Waals surface area (Å²) in [5.41, 5.74) is -0.00841. The molecule has 0 saturated carbocycles. The zero-order chi connectivity index (χ0) is 17.5. The second-order valence-corrected chi connectivity index (χ2v) is 9.06. The molecule has 3 heteroatoms. The predicted molar refractivity (Wildman–Crippen MR) is 96.5 cm³/mol. The SMILES string of the molecule is CC(C)C[C@@H](O)CC(C)(C)C[C@H](O)CCC(C)CC1CCCO1. The smallest absolute Gasteiger partial charge is 0.0578 e. The molecule has 138 valence electrons. The molecule has 1 aliphatic heterocycles. The molecule has 3 nitrogen and oxygen atoms in total. The van der Waals surface area contributed by atoms with Gasteiger partial charge in [0, 0.05) is 6.61 Å². The van der Waals surface area contributed by atoms with E-state index < -0.39 is 0 Å². The second kappa shape index (κ2) is 10.0. The van der Waals surface area contributed by atoms with Crippen LogP contribution in [0.15, 0.2) is 0 Å². The van der Waals surface area contributed by atoms with Gasteiger partial charge in [-0.25, -0.2) is 0 Å². The largest absolute Gasteiger partial charge is 0.393 e. The lowest BCUT2D eigenvalue weighted by atomic mass is 9.79. The summed E-state index contributed by atoms with van der Waals surface area (Å²) in [6.45, 7) is 11.8. The summed E-state index contributed by atoms with van der Waals surface area (Å²) in [4.78, 5) is 0. The van der Waals surface area contributed by atoms with Crippen LogP contribution in [-0.4, -0.2) is 35.1 Å². The predicted octanol–water partition coefficient (Wildman–Crippen LogP) is 4.55. The molecule has 1 aliphatic rings. The molecule has 0 aromatic rings. The average Bonchev–Trinajstić information content (AvgIpc) is 2.86. The van der Waals surface area contributed by atoms with Gasteiger partial charge in [0.2, 0.25) is 0 Å². The molecule has 1 rings (SSSR count). The van der Waals surface area contributed by atoms with Crippen molar-refractivity contribution in [2.45, 2.75) is 104 Å². The molecular weight excluding hydrogens is 288 g/mol. The van der Waals surface area contributed by atoms with Gasteiger partial charge < -0.3 is 14.9 Å². The Morgan fingerprint density at radius 1 is 1.04 bits per heavy atom. The lowest BCUT2D eigenvalue weighted by Gasteiger charge is -2.30. The van der Waals surface area contributed by atoms with Gasteiger partial charge in [-0.1, -0.05) is 34.6 Å². The fraction of sp³-hybridized carbons (Fsp3) is 1.00.